The zero-order valence-electron chi connectivity index (χ0n) is 11.8. The summed E-state index contributed by atoms with van der Waals surface area (Å²) in [5.74, 6) is -1.02. The van der Waals surface area contributed by atoms with Crippen LogP contribution in [0.2, 0.25) is 0 Å². The fourth-order valence-electron chi connectivity index (χ4n) is 2.02. The molecule has 0 saturated heterocycles. The Kier molecular flexibility index (Phi) is 4.33. The Labute approximate surface area is 122 Å². The molecule has 1 aliphatic rings. The van der Waals surface area contributed by atoms with Crippen molar-refractivity contribution in [2.75, 3.05) is 6.61 Å². The van der Waals surface area contributed by atoms with Crippen LogP contribution in [0.15, 0.2) is 47.8 Å². The molecule has 5 heteroatoms. The summed E-state index contributed by atoms with van der Waals surface area (Å²) in [5.41, 5.74) is 1.33. The van der Waals surface area contributed by atoms with Crippen LogP contribution < -0.4 is 5.32 Å². The monoisotopic (exact) mass is 285 g/mol. The van der Waals surface area contributed by atoms with Gasteiger partial charge in [0.2, 0.25) is 5.78 Å². The van der Waals surface area contributed by atoms with E-state index in [0.717, 1.165) is 0 Å². The van der Waals surface area contributed by atoms with Crippen molar-refractivity contribution in [2.45, 2.75) is 13.8 Å². The number of fused-ring (bicyclic) bond motifs is 1. The molecular weight excluding hydrogens is 270 g/mol. The van der Waals surface area contributed by atoms with Crippen molar-refractivity contribution < 1.29 is 19.1 Å². The normalized spacial score (nSPS) is 14.4. The standard InChI is InChI=1S/C16H15NO4/c1-3-21-15(19)8-10(2)17-13-9-14(18)11-6-4-5-7-12(11)16(13)20/h4-9,17H,3H2,1-2H3/b10-8+. The molecule has 0 atom stereocenters. The summed E-state index contributed by atoms with van der Waals surface area (Å²) in [6, 6.07) is 6.63. The van der Waals surface area contributed by atoms with E-state index < -0.39 is 5.97 Å². The number of benzene rings is 1. The molecule has 0 heterocycles. The summed E-state index contributed by atoms with van der Waals surface area (Å²) in [4.78, 5) is 35.6. The summed E-state index contributed by atoms with van der Waals surface area (Å²) in [6.07, 6.45) is 2.48. The highest BCUT2D eigenvalue weighted by Gasteiger charge is 2.25. The highest BCUT2D eigenvalue weighted by Crippen LogP contribution is 2.20. The number of allylic oxidation sites excluding steroid dienone is 3. The van der Waals surface area contributed by atoms with E-state index in [2.05, 4.69) is 5.32 Å². The van der Waals surface area contributed by atoms with E-state index in [1.165, 1.54) is 12.2 Å². The molecule has 0 saturated carbocycles. The van der Waals surface area contributed by atoms with Gasteiger partial charge in [-0.05, 0) is 13.8 Å². The maximum Gasteiger partial charge on any atom is 0.332 e. The van der Waals surface area contributed by atoms with Gasteiger partial charge in [-0.3, -0.25) is 9.59 Å². The van der Waals surface area contributed by atoms with Crippen molar-refractivity contribution in [1.82, 2.24) is 5.32 Å². The molecule has 0 radical (unpaired) electrons. The highest BCUT2D eigenvalue weighted by atomic mass is 16.5. The van der Waals surface area contributed by atoms with Crippen molar-refractivity contribution in [3.8, 4) is 0 Å². The van der Waals surface area contributed by atoms with Crippen LogP contribution in [0.4, 0.5) is 0 Å². The number of ether oxygens (including phenoxy) is 1. The molecule has 2 rings (SSSR count). The van der Waals surface area contributed by atoms with Gasteiger partial charge in [0.1, 0.15) is 0 Å². The van der Waals surface area contributed by atoms with Gasteiger partial charge in [-0.25, -0.2) is 4.79 Å². The van der Waals surface area contributed by atoms with Gasteiger partial charge in [-0.15, -0.1) is 0 Å². The molecule has 1 aromatic rings. The van der Waals surface area contributed by atoms with Gasteiger partial charge in [0, 0.05) is 29.0 Å². The molecule has 0 aliphatic heterocycles. The second-order valence-electron chi connectivity index (χ2n) is 4.50. The summed E-state index contributed by atoms with van der Waals surface area (Å²) < 4.78 is 4.78. The molecule has 0 spiro atoms. The molecule has 0 fully saturated rings. The van der Waals surface area contributed by atoms with E-state index >= 15 is 0 Å². The van der Waals surface area contributed by atoms with E-state index in [1.807, 2.05) is 0 Å². The third-order valence-electron chi connectivity index (χ3n) is 2.91. The molecule has 1 aromatic carbocycles. The lowest BCUT2D eigenvalue weighted by Crippen LogP contribution is -2.26. The maximum absolute atomic E-state index is 12.3. The van der Waals surface area contributed by atoms with Crippen LogP contribution in [-0.2, 0) is 9.53 Å². The molecule has 1 N–H and O–H groups in total. The van der Waals surface area contributed by atoms with Crippen LogP contribution in [-0.4, -0.2) is 24.1 Å². The predicted molar refractivity (Wildman–Crippen MR) is 76.7 cm³/mol. The van der Waals surface area contributed by atoms with E-state index in [0.29, 0.717) is 16.8 Å². The maximum atomic E-state index is 12.3. The summed E-state index contributed by atoms with van der Waals surface area (Å²) in [6.45, 7) is 3.60. The summed E-state index contributed by atoms with van der Waals surface area (Å²) in [7, 11) is 0. The van der Waals surface area contributed by atoms with Gasteiger partial charge in [0.15, 0.2) is 5.78 Å². The van der Waals surface area contributed by atoms with E-state index in [-0.39, 0.29) is 23.9 Å². The minimum atomic E-state index is -0.502. The Morgan fingerprint density at radius 1 is 1.24 bits per heavy atom. The highest BCUT2D eigenvalue weighted by molar-refractivity contribution is 6.24. The molecule has 0 aromatic heterocycles. The van der Waals surface area contributed by atoms with Gasteiger partial charge >= 0.3 is 5.97 Å². The molecule has 0 bridgehead atoms. The topological polar surface area (TPSA) is 72.5 Å². The first kappa shape index (κ1) is 14.7. The van der Waals surface area contributed by atoms with Crippen LogP contribution in [0.5, 0.6) is 0 Å². The third kappa shape index (κ3) is 3.25. The molecular formula is C16H15NO4. The van der Waals surface area contributed by atoms with Gasteiger partial charge in [0.25, 0.3) is 0 Å². The van der Waals surface area contributed by atoms with Crippen molar-refractivity contribution in [2.24, 2.45) is 0 Å². The summed E-state index contributed by atoms with van der Waals surface area (Å²) >= 11 is 0. The van der Waals surface area contributed by atoms with E-state index in [1.54, 1.807) is 38.1 Å². The zero-order chi connectivity index (χ0) is 15.4. The van der Waals surface area contributed by atoms with Crippen LogP contribution in [0.25, 0.3) is 0 Å². The average molecular weight is 285 g/mol. The SMILES string of the molecule is CCOC(=O)/C=C(\C)NC1=CC(=O)c2ccccc2C1=O. The molecule has 0 unspecified atom stereocenters. The van der Waals surface area contributed by atoms with Crippen molar-refractivity contribution in [3.63, 3.8) is 0 Å². The Hall–Kier alpha value is -2.69. The summed E-state index contributed by atoms with van der Waals surface area (Å²) in [5, 5.41) is 2.78. The predicted octanol–water partition coefficient (Wildman–Crippen LogP) is 2.01. The molecule has 5 nitrogen and oxygen atoms in total. The third-order valence-corrected chi connectivity index (χ3v) is 2.91. The van der Waals surface area contributed by atoms with Crippen molar-refractivity contribution in [1.29, 1.82) is 0 Å². The lowest BCUT2D eigenvalue weighted by molar-refractivity contribution is -0.137. The number of ketones is 2. The van der Waals surface area contributed by atoms with E-state index in [9.17, 15) is 14.4 Å². The second kappa shape index (κ2) is 6.17. The van der Waals surface area contributed by atoms with Gasteiger partial charge in [-0.1, -0.05) is 24.3 Å². The fourth-order valence-corrected chi connectivity index (χ4v) is 2.02. The largest absolute Gasteiger partial charge is 0.463 e. The first-order valence-corrected chi connectivity index (χ1v) is 6.54. The molecule has 21 heavy (non-hydrogen) atoms. The second-order valence-corrected chi connectivity index (χ2v) is 4.50. The molecule has 108 valence electrons. The van der Waals surface area contributed by atoms with Gasteiger partial charge in [-0.2, -0.15) is 0 Å². The van der Waals surface area contributed by atoms with Crippen LogP contribution in [0.1, 0.15) is 34.6 Å². The van der Waals surface area contributed by atoms with E-state index in [4.69, 9.17) is 4.74 Å². The number of esters is 1. The number of carbonyl (C=O) groups excluding carboxylic acids is 3. The number of hydrogen-bond donors (Lipinski definition) is 1. The lowest BCUT2D eigenvalue weighted by atomic mass is 9.92. The number of nitrogens with one attached hydrogen (secondary N) is 1. The Bertz CT molecular complexity index is 671. The fraction of sp³-hybridized carbons (Fsp3) is 0.188. The average Bonchev–Trinajstić information content (AvgIpc) is 2.44. The zero-order valence-corrected chi connectivity index (χ0v) is 11.8. The van der Waals surface area contributed by atoms with Crippen LogP contribution in [0.3, 0.4) is 0 Å². The minimum absolute atomic E-state index is 0.150. The van der Waals surface area contributed by atoms with Gasteiger partial charge < -0.3 is 10.1 Å². The first-order valence-electron chi connectivity index (χ1n) is 6.54. The quantitative estimate of drug-likeness (QED) is 0.676. The number of hydrogen-bond acceptors (Lipinski definition) is 5. The molecule has 1 aliphatic carbocycles. The van der Waals surface area contributed by atoms with Crippen molar-refractivity contribution >= 4 is 17.5 Å². The molecule has 0 amide bonds. The number of Topliss-reactive ketones (excluding diaryl/α,β-unsaturated/α-hetero) is 1. The van der Waals surface area contributed by atoms with Gasteiger partial charge in [0.05, 0.1) is 12.3 Å². The number of carbonyl (C=O) groups is 3. The first-order chi connectivity index (χ1) is 10.0. The number of rotatable bonds is 4. The Morgan fingerprint density at radius 3 is 2.57 bits per heavy atom. The Balaban J connectivity index is 2.21. The Morgan fingerprint density at radius 2 is 1.90 bits per heavy atom. The lowest BCUT2D eigenvalue weighted by Gasteiger charge is -2.16. The van der Waals surface area contributed by atoms with Crippen LogP contribution >= 0.6 is 0 Å². The minimum Gasteiger partial charge on any atom is -0.463 e. The van der Waals surface area contributed by atoms with Crippen LogP contribution in [0, 0.1) is 0 Å². The van der Waals surface area contributed by atoms with Crippen molar-refractivity contribution in [3.05, 3.63) is 58.9 Å². The smallest absolute Gasteiger partial charge is 0.332 e.